The Morgan fingerprint density at radius 3 is 2.50 bits per heavy atom. The predicted octanol–water partition coefficient (Wildman–Crippen LogP) is 5.27. The first-order valence-electron chi connectivity index (χ1n) is 12.7. The molecule has 1 fully saturated rings. The van der Waals surface area contributed by atoms with Crippen LogP contribution in [-0.4, -0.2) is 54.3 Å². The van der Waals surface area contributed by atoms with Crippen LogP contribution < -0.4 is 4.74 Å². The Morgan fingerprint density at radius 2 is 1.82 bits per heavy atom. The van der Waals surface area contributed by atoms with Crippen molar-refractivity contribution in [2.45, 2.75) is 52.2 Å². The topological polar surface area (TPSA) is 103 Å². The fourth-order valence-electron chi connectivity index (χ4n) is 5.08. The number of hydrogen-bond acceptors (Lipinski definition) is 7. The molecule has 4 heterocycles. The number of carbonyl (C=O) groups excluding carboxylic acids is 1. The van der Waals surface area contributed by atoms with E-state index in [4.69, 9.17) is 9.47 Å². The number of aromatic nitrogens is 4. The third kappa shape index (κ3) is 4.81. The third-order valence-electron chi connectivity index (χ3n) is 6.73. The largest absolute Gasteiger partial charge is 0.444 e. The molecule has 9 heteroatoms. The highest BCUT2D eigenvalue weighted by Crippen LogP contribution is 2.44. The van der Waals surface area contributed by atoms with Crippen LogP contribution in [-0.2, 0) is 17.4 Å². The van der Waals surface area contributed by atoms with Crippen LogP contribution in [0.5, 0.6) is 11.6 Å². The van der Waals surface area contributed by atoms with Gasteiger partial charge in [0.2, 0.25) is 5.88 Å². The molecule has 1 aromatic carbocycles. The summed E-state index contributed by atoms with van der Waals surface area (Å²) in [5, 5.41) is 12.9. The number of carbonyl (C=O) groups is 1. The second kappa shape index (κ2) is 9.40. The van der Waals surface area contributed by atoms with Gasteiger partial charge >= 0.3 is 6.09 Å². The Bertz CT molecular complexity index is 1510. The molecule has 5 rings (SSSR count). The Labute approximate surface area is 222 Å². The summed E-state index contributed by atoms with van der Waals surface area (Å²) in [6, 6.07) is 13.3. The molecule has 0 aliphatic carbocycles. The molecule has 0 bridgehead atoms. The summed E-state index contributed by atoms with van der Waals surface area (Å²) in [6.45, 7) is 9.85. The Balaban J connectivity index is 1.55. The second-order valence-electron chi connectivity index (χ2n) is 10.9. The average Bonchev–Trinajstić information content (AvgIpc) is 3.38. The number of nitrogens with zero attached hydrogens (tertiary/aromatic N) is 5. The first-order chi connectivity index (χ1) is 17.9. The molecule has 9 nitrogen and oxygen atoms in total. The van der Waals surface area contributed by atoms with E-state index in [1.165, 1.54) is 6.33 Å². The van der Waals surface area contributed by atoms with E-state index < -0.39 is 17.3 Å². The molecular formula is C29H33N5O4. The summed E-state index contributed by atoms with van der Waals surface area (Å²) in [5.41, 5.74) is 2.91. The lowest BCUT2D eigenvalue weighted by molar-refractivity contribution is 0.0120. The van der Waals surface area contributed by atoms with Crippen LogP contribution in [0.2, 0.25) is 0 Å². The monoisotopic (exact) mass is 515 g/mol. The van der Waals surface area contributed by atoms with Crippen molar-refractivity contribution >= 4 is 17.1 Å². The van der Waals surface area contributed by atoms with E-state index in [0.29, 0.717) is 30.3 Å². The molecule has 1 N–H and O–H groups in total. The summed E-state index contributed by atoms with van der Waals surface area (Å²) >= 11 is 0. The fourth-order valence-corrected chi connectivity index (χ4v) is 5.08. The lowest BCUT2D eigenvalue weighted by atomic mass is 9.90. The maximum atomic E-state index is 12.8. The number of aliphatic hydroxyl groups is 1. The van der Waals surface area contributed by atoms with Crippen molar-refractivity contribution in [2.24, 2.45) is 7.05 Å². The van der Waals surface area contributed by atoms with Gasteiger partial charge in [-0.15, -0.1) is 0 Å². The summed E-state index contributed by atoms with van der Waals surface area (Å²) in [7, 11) is 1.89. The molecule has 198 valence electrons. The summed E-state index contributed by atoms with van der Waals surface area (Å²) in [6.07, 6.45) is 1.47. The van der Waals surface area contributed by atoms with Gasteiger partial charge in [0.15, 0.2) is 0 Å². The van der Waals surface area contributed by atoms with Gasteiger partial charge in [0.1, 0.15) is 28.9 Å². The standard InChI is InChI=1S/C29H33N5O4/c1-18-8-7-9-22(32-18)37-21-12-10-20(11-13-21)24-23-19(2)30-17-31-26(23)33(6)25(24)29(36)14-15-34(16-29)27(35)38-28(3,4)5/h7-13,17,36H,14-16H2,1-6H3. The van der Waals surface area contributed by atoms with Crippen LogP contribution in [0.15, 0.2) is 48.8 Å². The van der Waals surface area contributed by atoms with Crippen LogP contribution in [0.3, 0.4) is 0 Å². The normalized spacial score (nSPS) is 17.7. The zero-order chi connectivity index (χ0) is 27.2. The first-order valence-corrected chi connectivity index (χ1v) is 12.7. The van der Waals surface area contributed by atoms with Gasteiger partial charge in [-0.25, -0.2) is 19.7 Å². The van der Waals surface area contributed by atoms with Gasteiger partial charge in [-0.3, -0.25) is 0 Å². The number of β-amino-alcohol motifs (C(OH)–C–C–N with tert-alkyl or cyclic N) is 1. The van der Waals surface area contributed by atoms with Crippen LogP contribution in [0.25, 0.3) is 22.2 Å². The molecule has 1 aliphatic heterocycles. The van der Waals surface area contributed by atoms with E-state index in [0.717, 1.165) is 33.5 Å². The zero-order valence-corrected chi connectivity index (χ0v) is 22.6. The number of aryl methyl sites for hydroxylation is 3. The molecule has 38 heavy (non-hydrogen) atoms. The molecule has 1 atom stereocenters. The summed E-state index contributed by atoms with van der Waals surface area (Å²) < 4.78 is 13.4. The van der Waals surface area contributed by atoms with Crippen LogP contribution in [0.1, 0.15) is 44.3 Å². The minimum atomic E-state index is -1.30. The number of likely N-dealkylation sites (tertiary alicyclic amines) is 1. The van der Waals surface area contributed by atoms with E-state index in [1.54, 1.807) is 4.90 Å². The van der Waals surface area contributed by atoms with Gasteiger partial charge < -0.3 is 24.0 Å². The number of benzene rings is 1. The number of hydrogen-bond donors (Lipinski definition) is 1. The van der Waals surface area contributed by atoms with Crippen molar-refractivity contribution in [1.29, 1.82) is 0 Å². The average molecular weight is 516 g/mol. The fraction of sp³-hybridized carbons (Fsp3) is 0.379. The van der Waals surface area contributed by atoms with E-state index >= 15 is 0 Å². The number of pyridine rings is 1. The van der Waals surface area contributed by atoms with E-state index in [2.05, 4.69) is 15.0 Å². The molecule has 1 unspecified atom stereocenters. The molecule has 4 aromatic rings. The Morgan fingerprint density at radius 1 is 1.08 bits per heavy atom. The highest BCUT2D eigenvalue weighted by molar-refractivity contribution is 5.98. The van der Waals surface area contributed by atoms with E-state index in [9.17, 15) is 9.90 Å². The van der Waals surface area contributed by atoms with Crippen molar-refractivity contribution in [2.75, 3.05) is 13.1 Å². The Hall–Kier alpha value is -3.98. The van der Waals surface area contributed by atoms with Gasteiger partial charge in [0, 0.05) is 42.7 Å². The molecular weight excluding hydrogens is 482 g/mol. The van der Waals surface area contributed by atoms with Crippen molar-refractivity contribution in [3.8, 4) is 22.8 Å². The molecule has 0 radical (unpaired) electrons. The maximum Gasteiger partial charge on any atom is 0.410 e. The van der Waals surface area contributed by atoms with Crippen molar-refractivity contribution in [3.63, 3.8) is 0 Å². The molecule has 3 aromatic heterocycles. The lowest BCUT2D eigenvalue weighted by Crippen LogP contribution is -2.39. The van der Waals surface area contributed by atoms with Crippen molar-refractivity contribution in [1.82, 2.24) is 24.4 Å². The second-order valence-corrected chi connectivity index (χ2v) is 10.9. The molecule has 1 saturated heterocycles. The van der Waals surface area contributed by atoms with Crippen molar-refractivity contribution in [3.05, 3.63) is 65.9 Å². The molecule has 0 spiro atoms. The number of ether oxygens (including phenoxy) is 2. The summed E-state index contributed by atoms with van der Waals surface area (Å²) in [5.74, 6) is 1.17. The van der Waals surface area contributed by atoms with Gasteiger partial charge in [0.05, 0.1) is 17.9 Å². The van der Waals surface area contributed by atoms with E-state index in [1.807, 2.05) is 88.7 Å². The minimum absolute atomic E-state index is 0.117. The van der Waals surface area contributed by atoms with Gasteiger partial charge in [0.25, 0.3) is 0 Å². The summed E-state index contributed by atoms with van der Waals surface area (Å²) in [4.78, 5) is 27.7. The maximum absolute atomic E-state index is 12.8. The molecule has 1 aliphatic rings. The quantitative estimate of drug-likeness (QED) is 0.395. The molecule has 1 amide bonds. The van der Waals surface area contributed by atoms with Crippen LogP contribution in [0.4, 0.5) is 4.79 Å². The molecule has 0 saturated carbocycles. The SMILES string of the molecule is Cc1cccc(Oc2ccc(-c3c(C4(O)CCN(C(=O)OC(C)(C)C)C4)n(C)c4ncnc(C)c34)cc2)n1. The predicted molar refractivity (Wildman–Crippen MR) is 144 cm³/mol. The van der Waals surface area contributed by atoms with Gasteiger partial charge in [-0.1, -0.05) is 18.2 Å². The number of rotatable bonds is 4. The minimum Gasteiger partial charge on any atom is -0.444 e. The number of fused-ring (bicyclic) bond motifs is 1. The third-order valence-corrected chi connectivity index (χ3v) is 6.73. The van der Waals surface area contributed by atoms with Gasteiger partial charge in [-0.05, 0) is 58.4 Å². The highest BCUT2D eigenvalue weighted by atomic mass is 16.6. The Kier molecular flexibility index (Phi) is 6.35. The zero-order valence-electron chi connectivity index (χ0n) is 22.6. The highest BCUT2D eigenvalue weighted by Gasteiger charge is 2.45. The number of amides is 1. The first kappa shape index (κ1) is 25.7. The van der Waals surface area contributed by atoms with Crippen LogP contribution in [0, 0.1) is 13.8 Å². The smallest absolute Gasteiger partial charge is 0.410 e. The van der Waals surface area contributed by atoms with Crippen LogP contribution >= 0.6 is 0 Å². The lowest BCUT2D eigenvalue weighted by Gasteiger charge is -2.28. The van der Waals surface area contributed by atoms with Gasteiger partial charge in [-0.2, -0.15) is 0 Å². The van der Waals surface area contributed by atoms with E-state index in [-0.39, 0.29) is 6.54 Å². The van der Waals surface area contributed by atoms with Crippen molar-refractivity contribution < 1.29 is 19.4 Å².